The largest absolute Gasteiger partial charge is 0.460 e. The van der Waals surface area contributed by atoms with Gasteiger partial charge in [-0.2, -0.15) is 57.1 Å². The molecule has 2 atom stereocenters. The van der Waals surface area contributed by atoms with Crippen LogP contribution in [0.3, 0.4) is 0 Å². The van der Waals surface area contributed by atoms with Crippen molar-refractivity contribution < 1.29 is 71.3 Å². The smallest absolute Gasteiger partial charge is 0.346 e. The molecule has 1 fully saturated rings. The topological polar surface area (TPSA) is 35.5 Å². The van der Waals surface area contributed by atoms with Crippen LogP contribution in [-0.2, 0) is 14.3 Å². The van der Waals surface area contributed by atoms with Gasteiger partial charge >= 0.3 is 35.8 Å². The molecule has 1 rings (SSSR count). The van der Waals surface area contributed by atoms with E-state index in [1.807, 2.05) is 0 Å². The Morgan fingerprint density at radius 3 is 1.69 bits per heavy atom. The van der Waals surface area contributed by atoms with Gasteiger partial charge in [-0.1, -0.05) is 0 Å². The lowest BCUT2D eigenvalue weighted by molar-refractivity contribution is -0.442. The van der Waals surface area contributed by atoms with E-state index in [-0.39, 0.29) is 0 Å². The third kappa shape index (κ3) is 3.65. The molecule has 0 aromatic carbocycles. The zero-order valence-electron chi connectivity index (χ0n) is 13.9. The van der Waals surface area contributed by atoms with Crippen molar-refractivity contribution in [2.24, 2.45) is 5.92 Å². The van der Waals surface area contributed by atoms with Gasteiger partial charge in [0.05, 0.1) is 12.5 Å². The first-order chi connectivity index (χ1) is 12.7. The van der Waals surface area contributed by atoms with Crippen LogP contribution < -0.4 is 0 Å². The minimum atomic E-state index is -8.00. The van der Waals surface area contributed by atoms with Gasteiger partial charge in [0.2, 0.25) is 6.29 Å². The molecule has 1 heterocycles. The molecule has 0 aromatic heterocycles. The molecule has 0 aliphatic carbocycles. The van der Waals surface area contributed by atoms with Crippen molar-refractivity contribution in [3.63, 3.8) is 0 Å². The Bertz CT molecular complexity index is 612. The summed E-state index contributed by atoms with van der Waals surface area (Å²) in [7, 11) is 0. The Morgan fingerprint density at radius 2 is 1.28 bits per heavy atom. The molecular formula is C13H11F13O3. The molecule has 0 spiro atoms. The lowest BCUT2D eigenvalue weighted by Gasteiger charge is -2.42. The maximum Gasteiger partial charge on any atom is 0.460 e. The number of hydrogen-bond donors (Lipinski definition) is 0. The number of rotatable bonds is 7. The van der Waals surface area contributed by atoms with Gasteiger partial charge in [-0.15, -0.1) is 0 Å². The molecule has 1 aliphatic rings. The van der Waals surface area contributed by atoms with Gasteiger partial charge in [0.25, 0.3) is 0 Å². The zero-order chi connectivity index (χ0) is 23.3. The molecule has 0 radical (unpaired) electrons. The maximum absolute atomic E-state index is 14.0. The lowest BCUT2D eigenvalue weighted by atomic mass is 9.82. The zero-order valence-corrected chi connectivity index (χ0v) is 13.9. The second kappa shape index (κ2) is 7.42. The van der Waals surface area contributed by atoms with E-state index < -0.39 is 73.4 Å². The van der Waals surface area contributed by atoms with Gasteiger partial charge in [0, 0.05) is 6.61 Å². The average molecular weight is 462 g/mol. The van der Waals surface area contributed by atoms with E-state index in [4.69, 9.17) is 0 Å². The lowest BCUT2D eigenvalue weighted by Crippen LogP contribution is -2.71. The summed E-state index contributed by atoms with van der Waals surface area (Å²) in [5.74, 6) is -43.3. The number of ether oxygens (including phenoxy) is 2. The number of carbonyl (C=O) groups excluding carboxylic acids is 1. The van der Waals surface area contributed by atoms with Crippen LogP contribution in [0.25, 0.3) is 0 Å². The van der Waals surface area contributed by atoms with Gasteiger partial charge in [-0.05, 0) is 13.3 Å². The monoisotopic (exact) mass is 462 g/mol. The van der Waals surface area contributed by atoms with Crippen molar-refractivity contribution in [1.29, 1.82) is 0 Å². The van der Waals surface area contributed by atoms with E-state index in [2.05, 4.69) is 9.47 Å². The molecule has 0 aromatic rings. The SMILES string of the molecule is CCO[C@@H]1OCC[C@H](C(F)(F)C(F)(F)C(F)(F)C(F)(F)C(F)(F)C(F)(F)F)C1=O. The minimum absolute atomic E-state index is 0.433. The summed E-state index contributed by atoms with van der Waals surface area (Å²) >= 11 is 0. The molecular weight excluding hydrogens is 451 g/mol. The fraction of sp³-hybridized carbons (Fsp3) is 0.923. The normalized spacial score (nSPS) is 23.4. The number of hydrogen-bond acceptors (Lipinski definition) is 3. The molecule has 3 nitrogen and oxygen atoms in total. The first-order valence-corrected chi connectivity index (χ1v) is 7.44. The van der Waals surface area contributed by atoms with Crippen LogP contribution in [0, 0.1) is 5.92 Å². The molecule has 0 bridgehead atoms. The summed E-state index contributed by atoms with van der Waals surface area (Å²) in [6, 6.07) is 0. The Morgan fingerprint density at radius 1 is 0.828 bits per heavy atom. The fourth-order valence-electron chi connectivity index (χ4n) is 2.32. The van der Waals surface area contributed by atoms with Crippen LogP contribution in [0.2, 0.25) is 0 Å². The van der Waals surface area contributed by atoms with E-state index in [9.17, 15) is 61.9 Å². The number of halogens is 13. The van der Waals surface area contributed by atoms with E-state index in [0.29, 0.717) is 0 Å². The van der Waals surface area contributed by atoms with Crippen molar-refractivity contribution >= 4 is 5.78 Å². The Kier molecular flexibility index (Phi) is 6.58. The van der Waals surface area contributed by atoms with Gasteiger partial charge in [-0.3, -0.25) is 4.79 Å². The van der Waals surface area contributed by atoms with Gasteiger partial charge in [0.1, 0.15) is 0 Å². The van der Waals surface area contributed by atoms with Crippen LogP contribution in [-0.4, -0.2) is 61.1 Å². The van der Waals surface area contributed by atoms with Crippen molar-refractivity contribution in [1.82, 2.24) is 0 Å². The highest BCUT2D eigenvalue weighted by atomic mass is 19.4. The van der Waals surface area contributed by atoms with Crippen LogP contribution >= 0.6 is 0 Å². The second-order valence-corrected chi connectivity index (χ2v) is 5.82. The summed E-state index contributed by atoms with van der Waals surface area (Å²) < 4.78 is 179. The summed E-state index contributed by atoms with van der Waals surface area (Å²) in [5, 5.41) is 0. The third-order valence-electron chi connectivity index (χ3n) is 3.96. The first kappa shape index (κ1) is 25.7. The summed E-state index contributed by atoms with van der Waals surface area (Å²) in [6.45, 7) is -0.258. The molecule has 1 aliphatic heterocycles. The van der Waals surface area contributed by atoms with Crippen LogP contribution in [0.15, 0.2) is 0 Å². The Balaban J connectivity index is 3.44. The highest BCUT2D eigenvalue weighted by Crippen LogP contribution is 2.61. The number of alkyl halides is 13. The summed E-state index contributed by atoms with van der Waals surface area (Å²) in [6.07, 6.45) is -11.2. The summed E-state index contributed by atoms with van der Waals surface area (Å²) in [5.41, 5.74) is 0. The predicted molar refractivity (Wildman–Crippen MR) is 65.3 cm³/mol. The van der Waals surface area contributed by atoms with E-state index >= 15 is 0 Å². The molecule has 0 saturated carbocycles. The second-order valence-electron chi connectivity index (χ2n) is 5.82. The molecule has 0 unspecified atom stereocenters. The van der Waals surface area contributed by atoms with E-state index in [0.717, 1.165) is 0 Å². The van der Waals surface area contributed by atoms with Crippen LogP contribution in [0.1, 0.15) is 13.3 Å². The van der Waals surface area contributed by atoms with Crippen LogP contribution in [0.4, 0.5) is 57.1 Å². The molecule has 29 heavy (non-hydrogen) atoms. The minimum Gasteiger partial charge on any atom is -0.346 e. The fourth-order valence-corrected chi connectivity index (χ4v) is 2.32. The average Bonchev–Trinajstić information content (AvgIpc) is 2.55. The maximum atomic E-state index is 14.0. The first-order valence-electron chi connectivity index (χ1n) is 7.44. The number of ketones is 1. The predicted octanol–water partition coefficient (Wildman–Crippen LogP) is 4.69. The van der Waals surface area contributed by atoms with Crippen molar-refractivity contribution in [3.05, 3.63) is 0 Å². The van der Waals surface area contributed by atoms with Gasteiger partial charge in [0.15, 0.2) is 5.78 Å². The molecule has 0 N–H and O–H groups in total. The number of Topliss-reactive ketones (excluding diaryl/α,β-unsaturated/α-hetero) is 1. The van der Waals surface area contributed by atoms with E-state index in [1.54, 1.807) is 0 Å². The molecule has 1 saturated heterocycles. The highest BCUT2D eigenvalue weighted by Gasteiger charge is 2.91. The quantitative estimate of drug-likeness (QED) is 0.515. The van der Waals surface area contributed by atoms with Gasteiger partial charge < -0.3 is 9.47 Å². The molecule has 16 heteroatoms. The highest BCUT2D eigenvalue weighted by molar-refractivity contribution is 5.86. The van der Waals surface area contributed by atoms with Crippen molar-refractivity contribution in [2.75, 3.05) is 13.2 Å². The number of carbonyl (C=O) groups is 1. The van der Waals surface area contributed by atoms with Crippen molar-refractivity contribution in [2.45, 2.75) is 55.4 Å². The Labute approximate surface area is 153 Å². The molecule has 0 amide bonds. The van der Waals surface area contributed by atoms with E-state index in [1.165, 1.54) is 6.92 Å². The van der Waals surface area contributed by atoms with Crippen LogP contribution in [0.5, 0.6) is 0 Å². The molecule has 172 valence electrons. The summed E-state index contributed by atoms with van der Waals surface area (Å²) in [4.78, 5) is 11.7. The van der Waals surface area contributed by atoms with Gasteiger partial charge in [-0.25, -0.2) is 0 Å². The third-order valence-corrected chi connectivity index (χ3v) is 3.96. The Hall–Kier alpha value is -1.32. The van der Waals surface area contributed by atoms with Crippen molar-refractivity contribution in [3.8, 4) is 0 Å². The standard InChI is InChI=1S/C13H11F13O3/c1-2-28-7-6(27)5(3-4-29-7)8(14,15)9(16,17)10(18,19)11(20,21)12(22,23)13(24,25)26/h5,7H,2-4H2,1H3/t5-,7+/m0/s1.